The van der Waals surface area contributed by atoms with E-state index in [4.69, 9.17) is 9.47 Å². The van der Waals surface area contributed by atoms with E-state index in [0.29, 0.717) is 19.1 Å². The molecule has 0 aliphatic heterocycles. The molecule has 0 amide bonds. The van der Waals surface area contributed by atoms with E-state index in [0.717, 1.165) is 24.7 Å². The van der Waals surface area contributed by atoms with Gasteiger partial charge in [-0.15, -0.1) is 0 Å². The molecular formula is C13H23N3O2. The second-order valence-corrected chi connectivity index (χ2v) is 4.41. The van der Waals surface area contributed by atoms with Crippen LogP contribution in [0.5, 0.6) is 0 Å². The van der Waals surface area contributed by atoms with Gasteiger partial charge in [0.1, 0.15) is 0 Å². The van der Waals surface area contributed by atoms with E-state index in [9.17, 15) is 0 Å². The molecule has 5 heteroatoms. The fourth-order valence-corrected chi connectivity index (χ4v) is 1.55. The number of ether oxygens (including phenoxy) is 2. The van der Waals surface area contributed by atoms with Crippen molar-refractivity contribution in [2.75, 3.05) is 45.4 Å². The minimum atomic E-state index is 0.401. The topological polar surface area (TPSA) is 47.5 Å². The van der Waals surface area contributed by atoms with Gasteiger partial charge in [-0.3, -0.25) is 0 Å². The predicted molar refractivity (Wildman–Crippen MR) is 72.1 cm³/mol. The number of methoxy groups -OCH3 is 2. The van der Waals surface area contributed by atoms with Crippen molar-refractivity contribution in [1.82, 2.24) is 9.97 Å². The van der Waals surface area contributed by atoms with E-state index in [1.165, 1.54) is 0 Å². The van der Waals surface area contributed by atoms with Crippen LogP contribution in [-0.4, -0.2) is 50.5 Å². The summed E-state index contributed by atoms with van der Waals surface area (Å²) in [5, 5.41) is 0. The Labute approximate surface area is 109 Å². The van der Waals surface area contributed by atoms with Crippen LogP contribution < -0.4 is 4.90 Å². The highest BCUT2D eigenvalue weighted by Crippen LogP contribution is 2.14. The fourth-order valence-electron chi connectivity index (χ4n) is 1.55. The summed E-state index contributed by atoms with van der Waals surface area (Å²) in [5.41, 5.74) is 1.06. The van der Waals surface area contributed by atoms with Crippen LogP contribution in [0.1, 0.15) is 25.5 Å². The average molecular weight is 253 g/mol. The molecule has 1 aromatic rings. The summed E-state index contributed by atoms with van der Waals surface area (Å²) in [4.78, 5) is 11.0. The largest absolute Gasteiger partial charge is 0.383 e. The molecule has 0 unspecified atom stereocenters. The van der Waals surface area contributed by atoms with E-state index < -0.39 is 0 Å². The molecule has 102 valence electrons. The molecule has 1 heterocycles. The standard InChI is InChI=1S/C13H23N3O2/c1-11(2)12-5-6-14-13(15-12)16(7-9-17-3)8-10-18-4/h5-6,11H,7-10H2,1-4H3. The summed E-state index contributed by atoms with van der Waals surface area (Å²) >= 11 is 0. The van der Waals surface area contributed by atoms with Gasteiger partial charge in [0.2, 0.25) is 5.95 Å². The molecule has 0 aromatic carbocycles. The lowest BCUT2D eigenvalue weighted by molar-refractivity contribution is 0.189. The number of anilines is 1. The van der Waals surface area contributed by atoms with Crippen molar-refractivity contribution < 1.29 is 9.47 Å². The Bertz CT molecular complexity index is 337. The monoisotopic (exact) mass is 253 g/mol. The van der Waals surface area contributed by atoms with Crippen molar-refractivity contribution in [2.24, 2.45) is 0 Å². The van der Waals surface area contributed by atoms with Gasteiger partial charge in [0, 0.05) is 39.2 Å². The van der Waals surface area contributed by atoms with Crippen molar-refractivity contribution in [1.29, 1.82) is 0 Å². The summed E-state index contributed by atoms with van der Waals surface area (Å²) < 4.78 is 10.2. The SMILES string of the molecule is COCCN(CCOC)c1nccc(C(C)C)n1. The third-order valence-electron chi connectivity index (χ3n) is 2.67. The smallest absolute Gasteiger partial charge is 0.225 e. The number of rotatable bonds is 8. The van der Waals surface area contributed by atoms with Gasteiger partial charge in [0.15, 0.2) is 0 Å². The Hall–Kier alpha value is -1.20. The lowest BCUT2D eigenvalue weighted by atomic mass is 10.1. The third-order valence-corrected chi connectivity index (χ3v) is 2.67. The van der Waals surface area contributed by atoms with E-state index >= 15 is 0 Å². The first kappa shape index (κ1) is 14.9. The fraction of sp³-hybridized carbons (Fsp3) is 0.692. The predicted octanol–water partition coefficient (Wildman–Crippen LogP) is 1.70. The zero-order valence-corrected chi connectivity index (χ0v) is 11.7. The molecule has 0 radical (unpaired) electrons. The van der Waals surface area contributed by atoms with Crippen molar-refractivity contribution in [3.8, 4) is 0 Å². The Kier molecular flexibility index (Phi) is 6.60. The van der Waals surface area contributed by atoms with Gasteiger partial charge >= 0.3 is 0 Å². The van der Waals surface area contributed by atoms with Gasteiger partial charge in [0.05, 0.1) is 13.2 Å². The molecule has 1 rings (SSSR count). The maximum Gasteiger partial charge on any atom is 0.225 e. The average Bonchev–Trinajstić information content (AvgIpc) is 2.39. The van der Waals surface area contributed by atoms with E-state index in [1.807, 2.05) is 12.3 Å². The molecule has 0 saturated heterocycles. The summed E-state index contributed by atoms with van der Waals surface area (Å²) in [6, 6.07) is 1.96. The summed E-state index contributed by atoms with van der Waals surface area (Å²) in [7, 11) is 3.39. The first-order valence-corrected chi connectivity index (χ1v) is 6.24. The molecule has 0 atom stereocenters. The molecule has 0 aliphatic rings. The maximum absolute atomic E-state index is 5.11. The summed E-state index contributed by atoms with van der Waals surface area (Å²) in [6.07, 6.45) is 1.81. The van der Waals surface area contributed by atoms with E-state index in [1.54, 1.807) is 14.2 Å². The minimum Gasteiger partial charge on any atom is -0.383 e. The number of hydrogen-bond donors (Lipinski definition) is 0. The molecule has 0 bridgehead atoms. The van der Waals surface area contributed by atoms with Crippen molar-refractivity contribution in [2.45, 2.75) is 19.8 Å². The van der Waals surface area contributed by atoms with Crippen LogP contribution in [0, 0.1) is 0 Å². The second-order valence-electron chi connectivity index (χ2n) is 4.41. The molecule has 1 aromatic heterocycles. The van der Waals surface area contributed by atoms with Crippen LogP contribution in [0.3, 0.4) is 0 Å². The molecule has 5 nitrogen and oxygen atoms in total. The Morgan fingerprint density at radius 2 is 1.78 bits per heavy atom. The highest BCUT2D eigenvalue weighted by atomic mass is 16.5. The van der Waals surface area contributed by atoms with Gasteiger partial charge in [-0.25, -0.2) is 9.97 Å². The lowest BCUT2D eigenvalue weighted by Gasteiger charge is -2.22. The zero-order chi connectivity index (χ0) is 13.4. The number of aromatic nitrogens is 2. The quantitative estimate of drug-likeness (QED) is 0.705. The van der Waals surface area contributed by atoms with Gasteiger partial charge in [-0.2, -0.15) is 0 Å². The lowest BCUT2D eigenvalue weighted by Crippen LogP contribution is -2.32. The number of nitrogens with zero attached hydrogens (tertiary/aromatic N) is 3. The van der Waals surface area contributed by atoms with Crippen LogP contribution in [0.25, 0.3) is 0 Å². The second kappa shape index (κ2) is 8.00. The molecule has 0 spiro atoms. The number of hydrogen-bond acceptors (Lipinski definition) is 5. The summed E-state index contributed by atoms with van der Waals surface area (Å²) in [5.74, 6) is 1.15. The Balaban J connectivity index is 2.78. The normalized spacial score (nSPS) is 10.9. The first-order valence-electron chi connectivity index (χ1n) is 6.24. The van der Waals surface area contributed by atoms with Gasteiger partial charge in [-0.1, -0.05) is 13.8 Å². The van der Waals surface area contributed by atoms with Crippen LogP contribution in [0.4, 0.5) is 5.95 Å². The van der Waals surface area contributed by atoms with Crippen LogP contribution in [0.2, 0.25) is 0 Å². The maximum atomic E-state index is 5.11. The molecular weight excluding hydrogens is 230 g/mol. The molecule has 0 aliphatic carbocycles. The molecule has 0 saturated carbocycles. The van der Waals surface area contributed by atoms with Crippen LogP contribution in [-0.2, 0) is 9.47 Å². The van der Waals surface area contributed by atoms with Crippen LogP contribution >= 0.6 is 0 Å². The van der Waals surface area contributed by atoms with Crippen molar-refractivity contribution >= 4 is 5.95 Å². The highest BCUT2D eigenvalue weighted by molar-refractivity contribution is 5.30. The molecule has 18 heavy (non-hydrogen) atoms. The Morgan fingerprint density at radius 1 is 1.17 bits per heavy atom. The van der Waals surface area contributed by atoms with E-state index in [2.05, 4.69) is 28.7 Å². The van der Waals surface area contributed by atoms with E-state index in [-0.39, 0.29) is 0 Å². The molecule has 0 N–H and O–H groups in total. The first-order chi connectivity index (χ1) is 8.69. The Morgan fingerprint density at radius 3 is 2.28 bits per heavy atom. The van der Waals surface area contributed by atoms with Crippen LogP contribution in [0.15, 0.2) is 12.3 Å². The van der Waals surface area contributed by atoms with Gasteiger partial charge in [0.25, 0.3) is 0 Å². The highest BCUT2D eigenvalue weighted by Gasteiger charge is 2.11. The van der Waals surface area contributed by atoms with Gasteiger partial charge < -0.3 is 14.4 Å². The van der Waals surface area contributed by atoms with Crippen molar-refractivity contribution in [3.05, 3.63) is 18.0 Å². The minimum absolute atomic E-state index is 0.401. The van der Waals surface area contributed by atoms with Gasteiger partial charge in [-0.05, 0) is 12.0 Å². The third kappa shape index (κ3) is 4.58. The summed E-state index contributed by atoms with van der Waals surface area (Å²) in [6.45, 7) is 7.09. The molecule has 0 fully saturated rings. The zero-order valence-electron chi connectivity index (χ0n) is 11.7. The van der Waals surface area contributed by atoms with Crippen molar-refractivity contribution in [3.63, 3.8) is 0 Å².